The maximum absolute atomic E-state index is 12.1. The second kappa shape index (κ2) is 3.37. The summed E-state index contributed by atoms with van der Waals surface area (Å²) in [5.74, 6) is 0. The summed E-state index contributed by atoms with van der Waals surface area (Å²) in [6.07, 6.45) is -4.41. The Kier molecular flexibility index (Phi) is 2.82. The molecule has 1 aromatic heterocycles. The summed E-state index contributed by atoms with van der Waals surface area (Å²) in [7, 11) is 0. The molecule has 0 atom stereocenters. The number of alkyl halides is 4. The van der Waals surface area contributed by atoms with Crippen molar-refractivity contribution >= 4 is 31.9 Å². The Labute approximate surface area is 82.8 Å². The summed E-state index contributed by atoms with van der Waals surface area (Å²) in [6, 6.07) is 0. The molecule has 0 bridgehead atoms. The van der Waals surface area contributed by atoms with Gasteiger partial charge in [-0.25, -0.2) is 0 Å². The second-order valence-electron chi connectivity index (χ2n) is 2.00. The summed E-state index contributed by atoms with van der Waals surface area (Å²) in [6.45, 7) is 0. The molecule has 0 aromatic carbocycles. The molecule has 0 aliphatic heterocycles. The van der Waals surface area contributed by atoms with Crippen molar-refractivity contribution in [3.63, 3.8) is 0 Å². The summed E-state index contributed by atoms with van der Waals surface area (Å²) in [5, 5.41) is 5.70. The van der Waals surface area contributed by atoms with Gasteiger partial charge in [0.25, 0.3) is 0 Å². The van der Waals surface area contributed by atoms with E-state index in [1.165, 1.54) is 0 Å². The zero-order chi connectivity index (χ0) is 9.35. The first-order valence-corrected chi connectivity index (χ1v) is 4.74. The monoisotopic (exact) mass is 306 g/mol. The number of H-pyrrole nitrogens is 1. The lowest BCUT2D eigenvalue weighted by Crippen LogP contribution is -2.06. The molecule has 0 radical (unpaired) electrons. The van der Waals surface area contributed by atoms with E-state index in [4.69, 9.17) is 0 Å². The molecular formula is C5H3Br2F3N2. The number of hydrogen-bond donors (Lipinski definition) is 1. The Morgan fingerprint density at radius 2 is 2.00 bits per heavy atom. The number of halogens is 5. The van der Waals surface area contributed by atoms with Crippen LogP contribution in [0.2, 0.25) is 0 Å². The van der Waals surface area contributed by atoms with Gasteiger partial charge >= 0.3 is 6.18 Å². The van der Waals surface area contributed by atoms with Crippen LogP contribution < -0.4 is 0 Å². The number of nitrogens with zero attached hydrogens (tertiary/aromatic N) is 1. The smallest absolute Gasteiger partial charge is 0.280 e. The molecule has 68 valence electrons. The average molecular weight is 308 g/mol. The molecule has 0 saturated carbocycles. The highest BCUT2D eigenvalue weighted by molar-refractivity contribution is 9.10. The van der Waals surface area contributed by atoms with Crippen molar-refractivity contribution in [3.8, 4) is 0 Å². The topological polar surface area (TPSA) is 28.7 Å². The minimum Gasteiger partial charge on any atom is -0.280 e. The van der Waals surface area contributed by atoms with E-state index in [2.05, 4.69) is 42.1 Å². The molecule has 1 aromatic rings. The van der Waals surface area contributed by atoms with Gasteiger partial charge < -0.3 is 0 Å². The van der Waals surface area contributed by atoms with Crippen LogP contribution in [-0.4, -0.2) is 10.2 Å². The van der Waals surface area contributed by atoms with Crippen LogP contribution in [0.15, 0.2) is 4.47 Å². The standard InChI is InChI=1S/C5H3Br2F3N2/c6-1-2-3(7)4(12-11-2)5(8,9)10/h1H2,(H,11,12). The SMILES string of the molecule is FC(F)(F)c1n[nH]c(CBr)c1Br. The molecule has 0 fully saturated rings. The first-order chi connectivity index (χ1) is 5.46. The zero-order valence-corrected chi connectivity index (χ0v) is 8.72. The van der Waals surface area contributed by atoms with Gasteiger partial charge in [-0.05, 0) is 15.9 Å². The van der Waals surface area contributed by atoms with E-state index < -0.39 is 11.9 Å². The van der Waals surface area contributed by atoms with E-state index in [9.17, 15) is 13.2 Å². The fraction of sp³-hybridized carbons (Fsp3) is 0.400. The molecule has 0 aliphatic carbocycles. The molecular weight excluding hydrogens is 305 g/mol. The zero-order valence-electron chi connectivity index (χ0n) is 5.54. The van der Waals surface area contributed by atoms with Crippen molar-refractivity contribution in [1.82, 2.24) is 10.2 Å². The fourth-order valence-corrected chi connectivity index (χ4v) is 1.97. The molecule has 1 heterocycles. The third kappa shape index (κ3) is 1.82. The Morgan fingerprint density at radius 1 is 1.42 bits per heavy atom. The van der Waals surface area contributed by atoms with Crippen molar-refractivity contribution < 1.29 is 13.2 Å². The van der Waals surface area contributed by atoms with Crippen molar-refractivity contribution in [2.75, 3.05) is 0 Å². The fourth-order valence-electron chi connectivity index (χ4n) is 0.641. The van der Waals surface area contributed by atoms with Gasteiger partial charge in [-0.1, -0.05) is 15.9 Å². The summed E-state index contributed by atoms with van der Waals surface area (Å²) >= 11 is 5.82. The van der Waals surface area contributed by atoms with Crippen LogP contribution in [0.5, 0.6) is 0 Å². The van der Waals surface area contributed by atoms with Gasteiger partial charge in [0.05, 0.1) is 10.2 Å². The molecule has 0 aliphatic rings. The third-order valence-corrected chi connectivity index (χ3v) is 2.59. The minimum absolute atomic E-state index is 0.0353. The Bertz CT molecular complexity index is 281. The van der Waals surface area contributed by atoms with Gasteiger partial charge in [0.1, 0.15) is 0 Å². The van der Waals surface area contributed by atoms with Gasteiger partial charge in [0.2, 0.25) is 0 Å². The second-order valence-corrected chi connectivity index (χ2v) is 3.35. The Balaban J connectivity index is 3.11. The van der Waals surface area contributed by atoms with Crippen LogP contribution in [0.3, 0.4) is 0 Å². The van der Waals surface area contributed by atoms with Crippen LogP contribution in [0, 0.1) is 0 Å². The van der Waals surface area contributed by atoms with E-state index >= 15 is 0 Å². The molecule has 0 spiro atoms. The number of nitrogens with one attached hydrogen (secondary N) is 1. The quantitative estimate of drug-likeness (QED) is 0.794. The van der Waals surface area contributed by atoms with Crippen LogP contribution in [-0.2, 0) is 11.5 Å². The normalized spacial score (nSPS) is 12.1. The minimum atomic E-state index is -4.41. The van der Waals surface area contributed by atoms with Crippen LogP contribution in [0.25, 0.3) is 0 Å². The van der Waals surface area contributed by atoms with Crippen molar-refractivity contribution in [3.05, 3.63) is 15.9 Å². The van der Waals surface area contributed by atoms with Crippen molar-refractivity contribution in [2.45, 2.75) is 11.5 Å². The Hall–Kier alpha value is -0.0400. The molecule has 1 rings (SSSR count). The van der Waals surface area contributed by atoms with Gasteiger partial charge in [-0.2, -0.15) is 18.3 Å². The molecule has 0 unspecified atom stereocenters. The average Bonchev–Trinajstić information content (AvgIpc) is 2.29. The first-order valence-electron chi connectivity index (χ1n) is 2.82. The van der Waals surface area contributed by atoms with E-state index in [-0.39, 0.29) is 4.47 Å². The molecule has 0 saturated heterocycles. The van der Waals surface area contributed by atoms with Crippen LogP contribution in [0.1, 0.15) is 11.4 Å². The largest absolute Gasteiger partial charge is 0.436 e. The summed E-state index contributed by atoms with van der Waals surface area (Å²) in [5.41, 5.74) is -0.542. The first kappa shape index (κ1) is 10.0. The third-order valence-electron chi connectivity index (χ3n) is 1.18. The van der Waals surface area contributed by atoms with Crippen molar-refractivity contribution in [1.29, 1.82) is 0 Å². The lowest BCUT2D eigenvalue weighted by atomic mass is 10.4. The lowest BCUT2D eigenvalue weighted by Gasteiger charge is -2.01. The van der Waals surface area contributed by atoms with Crippen molar-refractivity contribution in [2.24, 2.45) is 0 Å². The highest BCUT2D eigenvalue weighted by Gasteiger charge is 2.37. The lowest BCUT2D eigenvalue weighted by molar-refractivity contribution is -0.141. The predicted molar refractivity (Wildman–Crippen MR) is 43.9 cm³/mol. The highest BCUT2D eigenvalue weighted by Crippen LogP contribution is 2.35. The molecule has 12 heavy (non-hydrogen) atoms. The molecule has 1 N–H and O–H groups in total. The van der Waals surface area contributed by atoms with E-state index in [0.29, 0.717) is 11.0 Å². The number of aromatic amines is 1. The van der Waals surface area contributed by atoms with Crippen LogP contribution in [0.4, 0.5) is 13.2 Å². The number of aromatic nitrogens is 2. The number of hydrogen-bond acceptors (Lipinski definition) is 1. The highest BCUT2D eigenvalue weighted by atomic mass is 79.9. The predicted octanol–water partition coefficient (Wildman–Crippen LogP) is 3.09. The maximum Gasteiger partial charge on any atom is 0.436 e. The molecule has 7 heteroatoms. The summed E-state index contributed by atoms with van der Waals surface area (Å²) in [4.78, 5) is 0. The molecule has 0 amide bonds. The molecule has 2 nitrogen and oxygen atoms in total. The van der Waals surface area contributed by atoms with E-state index in [1.54, 1.807) is 0 Å². The summed E-state index contributed by atoms with van der Waals surface area (Å²) < 4.78 is 36.2. The van der Waals surface area contributed by atoms with Crippen LogP contribution >= 0.6 is 31.9 Å². The van der Waals surface area contributed by atoms with Gasteiger partial charge in [-0.15, -0.1) is 0 Å². The van der Waals surface area contributed by atoms with Gasteiger partial charge in [0.15, 0.2) is 5.69 Å². The van der Waals surface area contributed by atoms with Gasteiger partial charge in [0, 0.05) is 5.33 Å². The van der Waals surface area contributed by atoms with E-state index in [1.807, 2.05) is 0 Å². The number of rotatable bonds is 1. The maximum atomic E-state index is 12.1. The van der Waals surface area contributed by atoms with E-state index in [0.717, 1.165) is 0 Å². The van der Waals surface area contributed by atoms with Gasteiger partial charge in [-0.3, -0.25) is 5.10 Å². The Morgan fingerprint density at radius 3 is 2.25 bits per heavy atom.